The Balaban J connectivity index is 1.56. The number of fused-ring (bicyclic) bond motifs is 4. The van der Waals surface area contributed by atoms with Gasteiger partial charge >= 0.3 is 0 Å². The Kier molecular flexibility index (Phi) is 3.14. The Labute approximate surface area is 126 Å². The van der Waals surface area contributed by atoms with Gasteiger partial charge in [0.05, 0.1) is 0 Å². The Morgan fingerprint density at radius 2 is 2.00 bits per heavy atom. The van der Waals surface area contributed by atoms with Gasteiger partial charge in [0.15, 0.2) is 17.2 Å². The minimum absolute atomic E-state index is 0.0240. The van der Waals surface area contributed by atoms with Crippen LogP contribution in [0.3, 0.4) is 0 Å². The topological polar surface area (TPSA) is 45.5 Å². The summed E-state index contributed by atoms with van der Waals surface area (Å²) in [7, 11) is 0. The fourth-order valence-electron chi connectivity index (χ4n) is 3.56. The number of carbonyl (C=O) groups is 1. The zero-order valence-corrected chi connectivity index (χ0v) is 11.9. The van der Waals surface area contributed by atoms with Crippen molar-refractivity contribution in [3.63, 3.8) is 0 Å². The van der Waals surface area contributed by atoms with Crippen LogP contribution < -0.4 is 5.32 Å². The minimum atomic E-state index is -0.795. The Morgan fingerprint density at radius 1 is 1.23 bits per heavy atom. The van der Waals surface area contributed by atoms with Crippen LogP contribution in [0, 0.1) is 17.6 Å². The second-order valence-corrected chi connectivity index (χ2v) is 6.13. The van der Waals surface area contributed by atoms with E-state index in [1.54, 1.807) is 0 Å². The van der Waals surface area contributed by atoms with E-state index in [9.17, 15) is 13.6 Å². The van der Waals surface area contributed by atoms with E-state index < -0.39 is 11.6 Å². The van der Waals surface area contributed by atoms with Crippen LogP contribution in [0.4, 0.5) is 8.78 Å². The standard InChI is InChI=1S/C16H16F2N2O2/c17-11-5-10-6-14(22-15(10)12(18)7-11)16(21)19-13-8-20-3-1-9(13)2-4-20/h5-7,9,13H,1-4,8H2,(H,19,21). The molecule has 1 aromatic carbocycles. The fourth-order valence-corrected chi connectivity index (χ4v) is 3.56. The molecule has 4 heterocycles. The summed E-state index contributed by atoms with van der Waals surface area (Å²) in [5.41, 5.74) is -0.0829. The third-order valence-corrected chi connectivity index (χ3v) is 4.73. The van der Waals surface area contributed by atoms with Gasteiger partial charge in [-0.15, -0.1) is 0 Å². The minimum Gasteiger partial charge on any atom is -0.448 e. The maximum absolute atomic E-state index is 13.6. The monoisotopic (exact) mass is 306 g/mol. The average Bonchev–Trinajstić information content (AvgIpc) is 2.93. The van der Waals surface area contributed by atoms with E-state index in [-0.39, 0.29) is 28.7 Å². The zero-order valence-electron chi connectivity index (χ0n) is 11.9. The normalized spacial score (nSPS) is 27.3. The van der Waals surface area contributed by atoms with E-state index >= 15 is 0 Å². The molecular formula is C16H16F2N2O2. The van der Waals surface area contributed by atoms with Gasteiger partial charge in [0, 0.05) is 24.0 Å². The van der Waals surface area contributed by atoms with Crippen molar-refractivity contribution in [2.75, 3.05) is 19.6 Å². The molecule has 3 fully saturated rings. The van der Waals surface area contributed by atoms with Crippen molar-refractivity contribution in [3.05, 3.63) is 35.6 Å². The first-order chi connectivity index (χ1) is 10.6. The van der Waals surface area contributed by atoms with Gasteiger partial charge in [-0.25, -0.2) is 8.78 Å². The van der Waals surface area contributed by atoms with Gasteiger partial charge in [-0.1, -0.05) is 0 Å². The maximum atomic E-state index is 13.6. The zero-order chi connectivity index (χ0) is 15.3. The molecule has 1 atom stereocenters. The number of nitrogens with zero attached hydrogens (tertiary/aromatic N) is 1. The van der Waals surface area contributed by atoms with Gasteiger partial charge < -0.3 is 14.6 Å². The predicted octanol–water partition coefficient (Wildman–Crippen LogP) is 2.54. The molecule has 0 aliphatic carbocycles. The highest BCUT2D eigenvalue weighted by Gasteiger charge is 2.35. The van der Waals surface area contributed by atoms with Crippen molar-refractivity contribution in [1.29, 1.82) is 0 Å². The lowest BCUT2D eigenvalue weighted by atomic mass is 9.84. The van der Waals surface area contributed by atoms with E-state index in [0.29, 0.717) is 5.92 Å². The number of piperidine rings is 3. The Morgan fingerprint density at radius 3 is 2.68 bits per heavy atom. The Bertz CT molecular complexity index is 735. The smallest absolute Gasteiger partial charge is 0.287 e. The summed E-state index contributed by atoms with van der Waals surface area (Å²) in [6.45, 7) is 3.03. The molecule has 5 rings (SSSR count). The molecule has 3 aliphatic rings. The average molecular weight is 306 g/mol. The van der Waals surface area contributed by atoms with Crippen molar-refractivity contribution in [2.45, 2.75) is 18.9 Å². The predicted molar refractivity (Wildman–Crippen MR) is 76.5 cm³/mol. The molecule has 1 aromatic heterocycles. The summed E-state index contributed by atoms with van der Waals surface area (Å²) in [5.74, 6) is -1.33. The number of carbonyl (C=O) groups excluding carboxylic acids is 1. The number of halogens is 2. The van der Waals surface area contributed by atoms with Crippen LogP contribution >= 0.6 is 0 Å². The van der Waals surface area contributed by atoms with E-state index in [4.69, 9.17) is 4.42 Å². The van der Waals surface area contributed by atoms with Crippen LogP contribution in [0.2, 0.25) is 0 Å². The van der Waals surface area contributed by atoms with Gasteiger partial charge in [-0.2, -0.15) is 0 Å². The first-order valence-electron chi connectivity index (χ1n) is 7.52. The molecule has 1 amide bonds. The molecule has 1 unspecified atom stereocenters. The highest BCUT2D eigenvalue weighted by atomic mass is 19.1. The van der Waals surface area contributed by atoms with Crippen LogP contribution in [0.15, 0.2) is 22.6 Å². The molecule has 0 spiro atoms. The number of hydrogen-bond donors (Lipinski definition) is 1. The van der Waals surface area contributed by atoms with E-state index in [1.807, 2.05) is 0 Å². The van der Waals surface area contributed by atoms with Crippen LogP contribution in [0.5, 0.6) is 0 Å². The third-order valence-electron chi connectivity index (χ3n) is 4.73. The van der Waals surface area contributed by atoms with Crippen LogP contribution in [-0.4, -0.2) is 36.5 Å². The summed E-state index contributed by atoms with van der Waals surface area (Å²) in [4.78, 5) is 14.6. The molecule has 2 aromatic rings. The van der Waals surface area contributed by atoms with Crippen molar-refractivity contribution < 1.29 is 18.0 Å². The first-order valence-corrected chi connectivity index (χ1v) is 7.52. The highest BCUT2D eigenvalue weighted by molar-refractivity contribution is 5.96. The van der Waals surface area contributed by atoms with Gasteiger partial charge in [0.25, 0.3) is 5.91 Å². The van der Waals surface area contributed by atoms with E-state index in [0.717, 1.165) is 44.6 Å². The van der Waals surface area contributed by atoms with Crippen LogP contribution in [-0.2, 0) is 0 Å². The highest BCUT2D eigenvalue weighted by Crippen LogP contribution is 2.28. The number of amides is 1. The van der Waals surface area contributed by atoms with Crippen molar-refractivity contribution in [1.82, 2.24) is 10.2 Å². The number of nitrogens with one attached hydrogen (secondary N) is 1. The molecule has 4 nitrogen and oxygen atoms in total. The second-order valence-electron chi connectivity index (χ2n) is 6.13. The third kappa shape index (κ3) is 2.27. The number of hydrogen-bond acceptors (Lipinski definition) is 3. The molecule has 116 valence electrons. The van der Waals surface area contributed by atoms with Crippen molar-refractivity contribution >= 4 is 16.9 Å². The van der Waals surface area contributed by atoms with Gasteiger partial charge in [-0.3, -0.25) is 4.79 Å². The van der Waals surface area contributed by atoms with Crippen molar-refractivity contribution in [3.8, 4) is 0 Å². The summed E-state index contributed by atoms with van der Waals surface area (Å²) in [6.07, 6.45) is 2.18. The molecule has 2 bridgehead atoms. The summed E-state index contributed by atoms with van der Waals surface area (Å²) >= 11 is 0. The fraction of sp³-hybridized carbons (Fsp3) is 0.438. The molecule has 3 saturated heterocycles. The largest absolute Gasteiger partial charge is 0.448 e. The Hall–Kier alpha value is -1.95. The molecule has 22 heavy (non-hydrogen) atoms. The van der Waals surface area contributed by atoms with Gasteiger partial charge in [0.1, 0.15) is 5.82 Å². The first kappa shape index (κ1) is 13.7. The maximum Gasteiger partial charge on any atom is 0.287 e. The molecule has 0 saturated carbocycles. The van der Waals surface area contributed by atoms with E-state index in [2.05, 4.69) is 10.2 Å². The molecular weight excluding hydrogens is 290 g/mol. The number of rotatable bonds is 2. The summed E-state index contributed by atoms with van der Waals surface area (Å²) < 4.78 is 32.1. The lowest BCUT2D eigenvalue weighted by Gasteiger charge is -2.44. The molecule has 6 heteroatoms. The van der Waals surface area contributed by atoms with Crippen LogP contribution in [0.1, 0.15) is 23.4 Å². The number of benzene rings is 1. The van der Waals surface area contributed by atoms with Gasteiger partial charge in [0.2, 0.25) is 0 Å². The molecule has 1 N–H and O–H groups in total. The summed E-state index contributed by atoms with van der Waals surface area (Å²) in [6, 6.07) is 3.40. The lowest BCUT2D eigenvalue weighted by Crippen LogP contribution is -2.57. The quantitative estimate of drug-likeness (QED) is 0.927. The van der Waals surface area contributed by atoms with E-state index in [1.165, 1.54) is 6.07 Å². The van der Waals surface area contributed by atoms with Crippen LogP contribution in [0.25, 0.3) is 11.0 Å². The second kappa shape index (κ2) is 5.05. The summed E-state index contributed by atoms with van der Waals surface area (Å²) in [5, 5.41) is 3.23. The molecule has 3 aliphatic heterocycles. The van der Waals surface area contributed by atoms with Crippen molar-refractivity contribution in [2.24, 2.45) is 5.92 Å². The SMILES string of the molecule is O=C(NC1CN2CCC1CC2)c1cc2cc(F)cc(F)c2o1. The number of furan rings is 1. The lowest BCUT2D eigenvalue weighted by molar-refractivity contribution is 0.0607. The molecule has 0 radical (unpaired) electrons. The van der Waals surface area contributed by atoms with Gasteiger partial charge in [-0.05, 0) is 44.0 Å².